The second kappa shape index (κ2) is 4.68. The number of aryl methyl sites for hydroxylation is 1. The summed E-state index contributed by atoms with van der Waals surface area (Å²) in [4.78, 5) is 12.5. The van der Waals surface area contributed by atoms with Crippen molar-refractivity contribution in [3.05, 3.63) is 40.1 Å². The first-order valence-electron chi connectivity index (χ1n) is 6.88. The molecule has 0 heterocycles. The molecule has 2 bridgehead atoms. The van der Waals surface area contributed by atoms with E-state index in [0.717, 1.165) is 36.8 Å². The number of ketones is 1. The molecule has 0 saturated heterocycles. The van der Waals surface area contributed by atoms with Gasteiger partial charge in [-0.1, -0.05) is 30.7 Å². The maximum atomic E-state index is 12.5. The zero-order chi connectivity index (χ0) is 13.6. The Labute approximate surface area is 118 Å². The summed E-state index contributed by atoms with van der Waals surface area (Å²) >= 11 is 6.29. The zero-order valence-electron chi connectivity index (χ0n) is 10.9. The molecule has 1 N–H and O–H groups in total. The van der Waals surface area contributed by atoms with Gasteiger partial charge in [-0.25, -0.2) is 0 Å². The number of benzene rings is 1. The molecule has 0 spiro atoms. The standard InChI is InChI=1S/C16H17ClO2/c1-2-9-4-3-5-12(17)13(9)14-15(18)10-6-7-11(8-10)16(14)19/h3-5,10-11,18H,2,6-8H2,1H3. The van der Waals surface area contributed by atoms with E-state index >= 15 is 0 Å². The number of hydrogen-bond donors (Lipinski definition) is 1. The number of Topliss-reactive ketones (excluding diaryl/α,β-unsaturated/α-hetero) is 1. The van der Waals surface area contributed by atoms with Crippen molar-refractivity contribution in [2.24, 2.45) is 11.8 Å². The number of carbonyl (C=O) groups excluding carboxylic acids is 1. The van der Waals surface area contributed by atoms with Gasteiger partial charge in [0.2, 0.25) is 0 Å². The maximum Gasteiger partial charge on any atom is 0.170 e. The minimum Gasteiger partial charge on any atom is -0.511 e. The van der Waals surface area contributed by atoms with E-state index in [4.69, 9.17) is 11.6 Å². The summed E-state index contributed by atoms with van der Waals surface area (Å²) in [5.74, 6) is 0.575. The summed E-state index contributed by atoms with van der Waals surface area (Å²) in [7, 11) is 0. The predicted octanol–water partition coefficient (Wildman–Crippen LogP) is 4.17. The third-order valence-corrected chi connectivity index (χ3v) is 4.74. The lowest BCUT2D eigenvalue weighted by Gasteiger charge is -2.23. The maximum absolute atomic E-state index is 12.5. The third kappa shape index (κ3) is 1.90. The molecule has 1 saturated carbocycles. The summed E-state index contributed by atoms with van der Waals surface area (Å²) < 4.78 is 0. The quantitative estimate of drug-likeness (QED) is 0.880. The van der Waals surface area contributed by atoms with Crippen molar-refractivity contribution in [3.63, 3.8) is 0 Å². The van der Waals surface area contributed by atoms with Gasteiger partial charge in [0.1, 0.15) is 5.76 Å². The minimum absolute atomic E-state index is 0.0778. The molecular weight excluding hydrogens is 260 g/mol. The van der Waals surface area contributed by atoms with Gasteiger partial charge in [-0.05, 0) is 37.3 Å². The van der Waals surface area contributed by atoms with E-state index in [9.17, 15) is 9.90 Å². The molecule has 0 amide bonds. The monoisotopic (exact) mass is 276 g/mol. The van der Waals surface area contributed by atoms with E-state index < -0.39 is 0 Å². The molecule has 1 aromatic carbocycles. The van der Waals surface area contributed by atoms with E-state index in [1.165, 1.54) is 0 Å². The molecule has 0 aliphatic heterocycles. The Balaban J connectivity index is 2.21. The molecule has 19 heavy (non-hydrogen) atoms. The van der Waals surface area contributed by atoms with Crippen molar-refractivity contribution in [3.8, 4) is 0 Å². The number of halogens is 1. The molecule has 0 aromatic heterocycles. The Bertz CT molecular complexity index is 574. The number of aliphatic hydroxyl groups excluding tert-OH is 1. The first-order chi connectivity index (χ1) is 9.13. The number of rotatable bonds is 2. The first kappa shape index (κ1) is 12.7. The minimum atomic E-state index is 0.0778. The number of fused-ring (bicyclic) bond motifs is 2. The molecule has 2 aliphatic carbocycles. The van der Waals surface area contributed by atoms with Gasteiger partial charge in [0.15, 0.2) is 5.78 Å². The normalized spacial score (nSPS) is 26.1. The van der Waals surface area contributed by atoms with Gasteiger partial charge in [0.25, 0.3) is 0 Å². The fourth-order valence-electron chi connectivity index (χ4n) is 3.40. The Kier molecular flexibility index (Phi) is 3.14. The van der Waals surface area contributed by atoms with E-state index in [1.807, 2.05) is 19.1 Å². The van der Waals surface area contributed by atoms with Crippen LogP contribution in [0.5, 0.6) is 0 Å². The summed E-state index contributed by atoms with van der Waals surface area (Å²) in [6.07, 6.45) is 3.41. The average molecular weight is 277 g/mol. The number of hydrogen-bond acceptors (Lipinski definition) is 2. The lowest BCUT2D eigenvalue weighted by Crippen LogP contribution is -2.22. The van der Waals surface area contributed by atoms with Gasteiger partial charge in [-0.15, -0.1) is 0 Å². The van der Waals surface area contributed by atoms with Crippen LogP contribution < -0.4 is 0 Å². The summed E-state index contributed by atoms with van der Waals surface area (Å²) in [5.41, 5.74) is 2.27. The van der Waals surface area contributed by atoms with Crippen LogP contribution in [0.2, 0.25) is 5.02 Å². The van der Waals surface area contributed by atoms with Crippen LogP contribution in [0.3, 0.4) is 0 Å². The van der Waals surface area contributed by atoms with Crippen LogP contribution in [0.15, 0.2) is 24.0 Å². The van der Waals surface area contributed by atoms with Crippen LogP contribution >= 0.6 is 11.6 Å². The second-order valence-corrected chi connectivity index (χ2v) is 5.87. The van der Waals surface area contributed by atoms with Gasteiger partial charge >= 0.3 is 0 Å². The van der Waals surface area contributed by atoms with Crippen molar-refractivity contribution < 1.29 is 9.90 Å². The highest BCUT2D eigenvalue weighted by Gasteiger charge is 2.42. The van der Waals surface area contributed by atoms with Crippen molar-refractivity contribution in [2.45, 2.75) is 32.6 Å². The molecule has 2 atom stereocenters. The summed E-state index contributed by atoms with van der Waals surface area (Å²) in [5, 5.41) is 11.0. The molecule has 3 heteroatoms. The number of carbonyl (C=O) groups is 1. The Morgan fingerprint density at radius 1 is 1.32 bits per heavy atom. The van der Waals surface area contributed by atoms with Crippen LogP contribution in [-0.2, 0) is 11.2 Å². The highest BCUT2D eigenvalue weighted by Crippen LogP contribution is 2.46. The van der Waals surface area contributed by atoms with Gasteiger partial charge in [-0.3, -0.25) is 4.79 Å². The highest BCUT2D eigenvalue weighted by molar-refractivity contribution is 6.36. The van der Waals surface area contributed by atoms with E-state index in [0.29, 0.717) is 10.6 Å². The zero-order valence-corrected chi connectivity index (χ0v) is 11.7. The SMILES string of the molecule is CCc1cccc(Cl)c1C1=C(O)C2CCC(C2)C1=O. The Morgan fingerprint density at radius 3 is 2.79 bits per heavy atom. The first-order valence-corrected chi connectivity index (χ1v) is 7.26. The van der Waals surface area contributed by atoms with E-state index in [2.05, 4.69) is 0 Å². The summed E-state index contributed by atoms with van der Waals surface area (Å²) in [6, 6.07) is 5.66. The summed E-state index contributed by atoms with van der Waals surface area (Å²) in [6.45, 7) is 2.04. The van der Waals surface area contributed by atoms with Gasteiger partial charge < -0.3 is 5.11 Å². The lowest BCUT2D eigenvalue weighted by atomic mass is 9.81. The van der Waals surface area contributed by atoms with E-state index in [1.54, 1.807) is 6.07 Å². The lowest BCUT2D eigenvalue weighted by molar-refractivity contribution is -0.117. The van der Waals surface area contributed by atoms with Crippen molar-refractivity contribution in [2.75, 3.05) is 0 Å². The molecule has 3 rings (SSSR count). The topological polar surface area (TPSA) is 37.3 Å². The third-order valence-electron chi connectivity index (χ3n) is 4.42. The van der Waals surface area contributed by atoms with Crippen molar-refractivity contribution in [1.29, 1.82) is 0 Å². The fraction of sp³-hybridized carbons (Fsp3) is 0.438. The molecule has 2 nitrogen and oxygen atoms in total. The smallest absolute Gasteiger partial charge is 0.170 e. The van der Waals surface area contributed by atoms with E-state index in [-0.39, 0.29) is 23.4 Å². The van der Waals surface area contributed by atoms with Crippen LogP contribution in [0.25, 0.3) is 5.57 Å². The van der Waals surface area contributed by atoms with Gasteiger partial charge in [0.05, 0.1) is 5.57 Å². The molecule has 1 aromatic rings. The molecular formula is C16H17ClO2. The Hall–Kier alpha value is -1.28. The average Bonchev–Trinajstić information content (AvgIpc) is 2.85. The van der Waals surface area contributed by atoms with Crippen LogP contribution in [-0.4, -0.2) is 10.9 Å². The van der Waals surface area contributed by atoms with Crippen LogP contribution in [0, 0.1) is 11.8 Å². The molecule has 2 aliphatic rings. The molecule has 2 unspecified atom stereocenters. The molecule has 1 fully saturated rings. The number of aliphatic hydroxyl groups is 1. The van der Waals surface area contributed by atoms with Crippen LogP contribution in [0.4, 0.5) is 0 Å². The van der Waals surface area contributed by atoms with Gasteiger partial charge in [-0.2, -0.15) is 0 Å². The fourth-order valence-corrected chi connectivity index (χ4v) is 3.69. The van der Waals surface area contributed by atoms with Gasteiger partial charge in [0, 0.05) is 22.4 Å². The Morgan fingerprint density at radius 2 is 2.05 bits per heavy atom. The van der Waals surface area contributed by atoms with Crippen molar-refractivity contribution in [1.82, 2.24) is 0 Å². The number of allylic oxidation sites excluding steroid dienone is 2. The van der Waals surface area contributed by atoms with Crippen molar-refractivity contribution >= 4 is 23.0 Å². The molecule has 0 radical (unpaired) electrons. The predicted molar refractivity (Wildman–Crippen MR) is 76.2 cm³/mol. The second-order valence-electron chi connectivity index (χ2n) is 5.46. The molecule has 100 valence electrons. The van der Waals surface area contributed by atoms with Crippen LogP contribution in [0.1, 0.15) is 37.3 Å². The highest BCUT2D eigenvalue weighted by atomic mass is 35.5. The largest absolute Gasteiger partial charge is 0.511 e.